The fourth-order valence-electron chi connectivity index (χ4n) is 1.49. The van der Waals surface area contributed by atoms with E-state index in [4.69, 9.17) is 0 Å². The van der Waals surface area contributed by atoms with Crippen molar-refractivity contribution in [1.29, 1.82) is 0 Å². The van der Waals surface area contributed by atoms with E-state index in [1.165, 1.54) is 11.1 Å². The maximum Gasteiger partial charge on any atom is 0.111 e. The summed E-state index contributed by atoms with van der Waals surface area (Å²) < 4.78 is 0. The lowest BCUT2D eigenvalue weighted by Crippen LogP contribution is -2.33. The molecular weight excluding hydrogens is 176 g/mol. The molecule has 1 aromatic carbocycles. The van der Waals surface area contributed by atoms with Crippen LogP contribution in [0.25, 0.3) is 0 Å². The minimum Gasteiger partial charge on any atom is -0.221 e. The molecule has 1 aliphatic rings. The second-order valence-corrected chi connectivity index (χ2v) is 3.79. The third-order valence-corrected chi connectivity index (χ3v) is 2.43. The summed E-state index contributed by atoms with van der Waals surface area (Å²) in [4.78, 5) is 0. The van der Waals surface area contributed by atoms with Gasteiger partial charge in [0, 0.05) is 0 Å². The van der Waals surface area contributed by atoms with Gasteiger partial charge in [-0.25, -0.2) is 10.9 Å². The zero-order chi connectivity index (χ0) is 9.97. The van der Waals surface area contributed by atoms with Gasteiger partial charge in [0.2, 0.25) is 0 Å². The predicted molar refractivity (Wildman–Crippen MR) is 55.8 cm³/mol. The van der Waals surface area contributed by atoms with Crippen LogP contribution in [0.2, 0.25) is 0 Å². The molecule has 1 aromatic rings. The second kappa shape index (κ2) is 4.06. The van der Waals surface area contributed by atoms with Crippen molar-refractivity contribution in [3.8, 4) is 0 Å². The summed E-state index contributed by atoms with van der Waals surface area (Å²) in [5, 5.41) is 0. The first-order chi connectivity index (χ1) is 6.77. The Morgan fingerprint density at radius 1 is 1.00 bits per heavy atom. The molecule has 0 unspecified atom stereocenters. The van der Waals surface area contributed by atoms with Gasteiger partial charge in [-0.3, -0.25) is 0 Å². The van der Waals surface area contributed by atoms with Crippen LogP contribution < -0.4 is 21.9 Å². The molecule has 0 radical (unpaired) electrons. The molecule has 1 saturated heterocycles. The molecule has 1 fully saturated rings. The molecule has 1 aliphatic heterocycles. The van der Waals surface area contributed by atoms with E-state index >= 15 is 0 Å². The lowest BCUT2D eigenvalue weighted by atomic mass is 10.0. The molecule has 2 rings (SSSR count). The summed E-state index contributed by atoms with van der Waals surface area (Å²) in [6, 6.07) is 8.60. The van der Waals surface area contributed by atoms with Crippen molar-refractivity contribution in [3.05, 3.63) is 35.4 Å². The van der Waals surface area contributed by atoms with Gasteiger partial charge in [0.15, 0.2) is 0 Å². The summed E-state index contributed by atoms with van der Waals surface area (Å²) in [6.07, 6.45) is 0.135. The molecule has 4 heteroatoms. The minimum atomic E-state index is 0.135. The first-order valence-corrected chi connectivity index (χ1v) is 4.88. The van der Waals surface area contributed by atoms with Crippen LogP contribution in [0, 0.1) is 0 Å². The highest BCUT2D eigenvalue weighted by molar-refractivity contribution is 5.26. The van der Waals surface area contributed by atoms with E-state index in [2.05, 4.69) is 60.0 Å². The number of hydrogen-bond acceptors (Lipinski definition) is 4. The average molecular weight is 192 g/mol. The molecule has 14 heavy (non-hydrogen) atoms. The van der Waals surface area contributed by atoms with Crippen molar-refractivity contribution in [1.82, 2.24) is 21.9 Å². The van der Waals surface area contributed by atoms with Crippen molar-refractivity contribution < 1.29 is 0 Å². The summed E-state index contributed by atoms with van der Waals surface area (Å²) in [6.45, 7) is 4.40. The lowest BCUT2D eigenvalue weighted by molar-refractivity contribution is 0.554. The normalized spacial score (nSPS) is 17.9. The third-order valence-electron chi connectivity index (χ3n) is 2.43. The smallest absolute Gasteiger partial charge is 0.111 e. The quantitative estimate of drug-likeness (QED) is 0.563. The van der Waals surface area contributed by atoms with Gasteiger partial charge < -0.3 is 0 Å². The average Bonchev–Trinajstić information content (AvgIpc) is 2.71. The fourth-order valence-corrected chi connectivity index (χ4v) is 1.49. The van der Waals surface area contributed by atoms with Gasteiger partial charge in [0.05, 0.1) is 0 Å². The molecule has 76 valence electrons. The Balaban J connectivity index is 2.12. The number of nitrogens with one attached hydrogen (secondary N) is 4. The maximum atomic E-state index is 3.05. The predicted octanol–water partition coefficient (Wildman–Crippen LogP) is 0.926. The van der Waals surface area contributed by atoms with Crippen LogP contribution in [-0.2, 0) is 0 Å². The van der Waals surface area contributed by atoms with Gasteiger partial charge in [0.1, 0.15) is 6.17 Å². The highest BCUT2D eigenvalue weighted by Gasteiger charge is 2.14. The molecule has 0 atom stereocenters. The van der Waals surface area contributed by atoms with E-state index in [9.17, 15) is 0 Å². The van der Waals surface area contributed by atoms with Gasteiger partial charge >= 0.3 is 0 Å². The van der Waals surface area contributed by atoms with Crippen LogP contribution in [-0.4, -0.2) is 0 Å². The van der Waals surface area contributed by atoms with Crippen LogP contribution in [0.5, 0.6) is 0 Å². The molecule has 0 bridgehead atoms. The molecule has 0 amide bonds. The Bertz CT molecular complexity index is 287. The zero-order valence-electron chi connectivity index (χ0n) is 8.46. The third kappa shape index (κ3) is 1.93. The molecule has 0 aliphatic carbocycles. The van der Waals surface area contributed by atoms with Gasteiger partial charge in [-0.1, -0.05) is 38.1 Å². The highest BCUT2D eigenvalue weighted by atomic mass is 15.8. The summed E-state index contributed by atoms with van der Waals surface area (Å²) >= 11 is 0. The van der Waals surface area contributed by atoms with Crippen LogP contribution in [0.3, 0.4) is 0 Å². The Morgan fingerprint density at radius 2 is 1.57 bits per heavy atom. The van der Waals surface area contributed by atoms with Crippen molar-refractivity contribution in [2.24, 2.45) is 0 Å². The Kier molecular flexibility index (Phi) is 2.79. The van der Waals surface area contributed by atoms with Gasteiger partial charge in [0.25, 0.3) is 0 Å². The summed E-state index contributed by atoms with van der Waals surface area (Å²) in [7, 11) is 0. The fraction of sp³-hybridized carbons (Fsp3) is 0.400. The summed E-state index contributed by atoms with van der Waals surface area (Å²) in [5.74, 6) is 0.588. The molecule has 0 saturated carbocycles. The van der Waals surface area contributed by atoms with E-state index in [1.807, 2.05) is 0 Å². The number of hydrazine groups is 3. The zero-order valence-corrected chi connectivity index (χ0v) is 8.46. The monoisotopic (exact) mass is 192 g/mol. The van der Waals surface area contributed by atoms with Crippen LogP contribution in [0.1, 0.15) is 37.1 Å². The van der Waals surface area contributed by atoms with Crippen LogP contribution >= 0.6 is 0 Å². The maximum absolute atomic E-state index is 3.05. The molecular formula is C10H16N4. The molecule has 0 spiro atoms. The minimum absolute atomic E-state index is 0.135. The van der Waals surface area contributed by atoms with E-state index in [0.29, 0.717) is 5.92 Å². The second-order valence-electron chi connectivity index (χ2n) is 3.79. The van der Waals surface area contributed by atoms with E-state index in [-0.39, 0.29) is 6.17 Å². The SMILES string of the molecule is CC(C)c1ccc(C2NNNN2)cc1. The first-order valence-electron chi connectivity index (χ1n) is 4.88. The van der Waals surface area contributed by atoms with Crippen molar-refractivity contribution in [2.75, 3.05) is 0 Å². The number of rotatable bonds is 2. The summed E-state index contributed by atoms with van der Waals surface area (Å²) in [5.41, 5.74) is 14.3. The number of hydrogen-bond donors (Lipinski definition) is 4. The molecule has 4 nitrogen and oxygen atoms in total. The van der Waals surface area contributed by atoms with E-state index in [0.717, 1.165) is 0 Å². The Hall–Kier alpha value is -0.940. The van der Waals surface area contributed by atoms with Gasteiger partial charge in [-0.15, -0.1) is 0 Å². The van der Waals surface area contributed by atoms with E-state index < -0.39 is 0 Å². The largest absolute Gasteiger partial charge is 0.221 e. The first kappa shape index (κ1) is 9.61. The number of benzene rings is 1. The molecule has 1 heterocycles. The Labute approximate surface area is 84.0 Å². The van der Waals surface area contributed by atoms with Crippen LogP contribution in [0.15, 0.2) is 24.3 Å². The van der Waals surface area contributed by atoms with Gasteiger partial charge in [-0.05, 0) is 17.0 Å². The Morgan fingerprint density at radius 3 is 2.07 bits per heavy atom. The van der Waals surface area contributed by atoms with Crippen molar-refractivity contribution in [2.45, 2.75) is 25.9 Å². The van der Waals surface area contributed by atoms with Crippen molar-refractivity contribution in [3.63, 3.8) is 0 Å². The molecule has 4 N–H and O–H groups in total. The van der Waals surface area contributed by atoms with Crippen LogP contribution in [0.4, 0.5) is 0 Å². The van der Waals surface area contributed by atoms with Crippen molar-refractivity contribution >= 4 is 0 Å². The molecule has 0 aromatic heterocycles. The van der Waals surface area contributed by atoms with E-state index in [1.54, 1.807) is 0 Å². The lowest BCUT2D eigenvalue weighted by Gasteiger charge is -2.11. The van der Waals surface area contributed by atoms with Gasteiger partial charge in [-0.2, -0.15) is 11.1 Å². The topological polar surface area (TPSA) is 48.1 Å². The standard InChI is InChI=1S/C10H16N4/c1-7(2)8-3-5-9(6-4-8)10-11-13-14-12-10/h3-7,10-14H,1-2H3. The highest BCUT2D eigenvalue weighted by Crippen LogP contribution is 2.17.